The fourth-order valence-corrected chi connectivity index (χ4v) is 4.64. The summed E-state index contributed by atoms with van der Waals surface area (Å²) in [4.78, 5) is 15.0. The number of fused-ring (bicyclic) bond motifs is 1. The number of aromatic nitrogens is 4. The minimum Gasteiger partial charge on any atom is -0.347 e. The molecule has 0 amide bonds. The molecular weight excluding hydrogens is 374 g/mol. The third-order valence-electron chi connectivity index (χ3n) is 6.04. The van der Waals surface area contributed by atoms with E-state index in [1.165, 1.54) is 37.8 Å². The first-order chi connectivity index (χ1) is 13.8. The van der Waals surface area contributed by atoms with E-state index < -0.39 is 0 Å². The molecule has 1 aliphatic carbocycles. The second-order valence-electron chi connectivity index (χ2n) is 7.94. The summed E-state index contributed by atoms with van der Waals surface area (Å²) in [5.41, 5.74) is 3.23. The van der Waals surface area contributed by atoms with E-state index in [0.29, 0.717) is 16.7 Å². The summed E-state index contributed by atoms with van der Waals surface area (Å²) in [5, 5.41) is 4.93. The van der Waals surface area contributed by atoms with Gasteiger partial charge in [-0.3, -0.25) is 4.90 Å². The lowest BCUT2D eigenvalue weighted by molar-refractivity contribution is 0.104. The zero-order valence-corrected chi connectivity index (χ0v) is 16.5. The lowest BCUT2D eigenvalue weighted by atomic mass is 9.88. The quantitative estimate of drug-likeness (QED) is 0.685. The van der Waals surface area contributed by atoms with Gasteiger partial charge in [0.1, 0.15) is 0 Å². The molecule has 2 aromatic heterocycles. The summed E-state index contributed by atoms with van der Waals surface area (Å²) in [6.45, 7) is 1.93. The third kappa shape index (κ3) is 3.59. The molecule has 146 valence electrons. The molecule has 0 saturated heterocycles. The Labute approximate surface area is 169 Å². The Kier molecular flexibility index (Phi) is 4.91. The Morgan fingerprint density at radius 2 is 1.96 bits per heavy atom. The molecule has 1 saturated carbocycles. The van der Waals surface area contributed by atoms with Crippen molar-refractivity contribution in [2.75, 3.05) is 6.54 Å². The van der Waals surface area contributed by atoms with Gasteiger partial charge in [-0.25, -0.2) is 4.98 Å². The molecule has 0 spiro atoms. The van der Waals surface area contributed by atoms with Crippen LogP contribution in [0.15, 0.2) is 35.1 Å². The number of nitrogens with one attached hydrogen (secondary N) is 1. The van der Waals surface area contributed by atoms with E-state index in [1.807, 2.05) is 24.3 Å². The van der Waals surface area contributed by atoms with Crippen molar-refractivity contribution in [1.82, 2.24) is 25.0 Å². The SMILES string of the molecule is Clc1ccc(-c2noc(C3Cc4nc[nH]c4CN3CC3CCCCC3)n2)cc1. The average Bonchev–Trinajstić information content (AvgIpc) is 3.38. The van der Waals surface area contributed by atoms with Gasteiger partial charge in [0.2, 0.25) is 11.7 Å². The van der Waals surface area contributed by atoms with Gasteiger partial charge in [0, 0.05) is 30.1 Å². The number of imidazole rings is 1. The van der Waals surface area contributed by atoms with Crippen LogP contribution in [0.3, 0.4) is 0 Å². The largest absolute Gasteiger partial charge is 0.347 e. The maximum absolute atomic E-state index is 5.99. The molecule has 1 N–H and O–H groups in total. The monoisotopic (exact) mass is 397 g/mol. The highest BCUT2D eigenvalue weighted by atomic mass is 35.5. The minimum atomic E-state index is 0.0753. The van der Waals surface area contributed by atoms with Crippen LogP contribution < -0.4 is 0 Å². The van der Waals surface area contributed by atoms with Crippen molar-refractivity contribution < 1.29 is 4.52 Å². The third-order valence-corrected chi connectivity index (χ3v) is 6.29. The zero-order valence-electron chi connectivity index (χ0n) is 15.8. The topological polar surface area (TPSA) is 70.8 Å². The first-order valence-corrected chi connectivity index (χ1v) is 10.5. The number of hydrogen-bond donors (Lipinski definition) is 1. The predicted octanol–water partition coefficient (Wildman–Crippen LogP) is 4.79. The summed E-state index contributed by atoms with van der Waals surface area (Å²) in [6, 6.07) is 7.61. The maximum atomic E-state index is 5.99. The standard InChI is InChI=1S/C21H24ClN5O/c22-16-8-6-15(7-9-16)20-25-21(28-26-20)19-10-17-18(24-13-23-17)12-27(19)11-14-4-2-1-3-5-14/h6-9,13-14,19H,1-5,10-12H2,(H,23,24). The summed E-state index contributed by atoms with van der Waals surface area (Å²) >= 11 is 5.99. The van der Waals surface area contributed by atoms with Crippen molar-refractivity contribution in [2.24, 2.45) is 5.92 Å². The molecule has 1 aliphatic heterocycles. The van der Waals surface area contributed by atoms with Crippen LogP contribution in [0, 0.1) is 5.92 Å². The molecule has 6 nitrogen and oxygen atoms in total. The van der Waals surface area contributed by atoms with Gasteiger partial charge in [-0.05, 0) is 43.0 Å². The second-order valence-corrected chi connectivity index (χ2v) is 8.38. The highest BCUT2D eigenvalue weighted by molar-refractivity contribution is 6.30. The number of nitrogens with zero attached hydrogens (tertiary/aromatic N) is 4. The van der Waals surface area contributed by atoms with E-state index in [9.17, 15) is 0 Å². The molecule has 1 aromatic carbocycles. The van der Waals surface area contributed by atoms with Gasteiger partial charge in [-0.2, -0.15) is 4.98 Å². The Morgan fingerprint density at radius 3 is 2.79 bits per heavy atom. The summed E-state index contributed by atoms with van der Waals surface area (Å²) in [5.74, 6) is 2.03. The molecule has 3 aromatic rings. The van der Waals surface area contributed by atoms with Crippen LogP contribution in [0.1, 0.15) is 55.4 Å². The number of H-pyrrole nitrogens is 1. The highest BCUT2D eigenvalue weighted by Gasteiger charge is 2.34. The average molecular weight is 398 g/mol. The highest BCUT2D eigenvalue weighted by Crippen LogP contribution is 2.35. The van der Waals surface area contributed by atoms with E-state index >= 15 is 0 Å². The van der Waals surface area contributed by atoms with Gasteiger partial charge in [-0.15, -0.1) is 0 Å². The first kappa shape index (κ1) is 17.9. The molecular formula is C21H24ClN5O. The molecule has 3 heterocycles. The molecule has 5 rings (SSSR count). The van der Waals surface area contributed by atoms with Gasteiger partial charge < -0.3 is 9.51 Å². The van der Waals surface area contributed by atoms with Gasteiger partial charge >= 0.3 is 0 Å². The normalized spacial score (nSPS) is 21.0. The van der Waals surface area contributed by atoms with Crippen LogP contribution in [0.5, 0.6) is 0 Å². The molecule has 1 atom stereocenters. The molecule has 28 heavy (non-hydrogen) atoms. The number of halogens is 1. The van der Waals surface area contributed by atoms with Crippen molar-refractivity contribution in [2.45, 2.75) is 51.1 Å². The molecule has 7 heteroatoms. The number of rotatable bonds is 4. The van der Waals surface area contributed by atoms with Crippen LogP contribution in [0.2, 0.25) is 5.02 Å². The van der Waals surface area contributed by atoms with Gasteiger partial charge in [0.15, 0.2) is 0 Å². The van der Waals surface area contributed by atoms with Crippen molar-refractivity contribution in [1.29, 1.82) is 0 Å². The number of benzene rings is 1. The zero-order chi connectivity index (χ0) is 18.9. The van der Waals surface area contributed by atoms with Gasteiger partial charge in [0.05, 0.1) is 23.8 Å². The van der Waals surface area contributed by atoms with Gasteiger partial charge in [0.25, 0.3) is 0 Å². The molecule has 1 unspecified atom stereocenters. The minimum absolute atomic E-state index is 0.0753. The predicted molar refractivity (Wildman–Crippen MR) is 107 cm³/mol. The van der Waals surface area contributed by atoms with E-state index in [2.05, 4.69) is 20.0 Å². The lowest BCUT2D eigenvalue weighted by Crippen LogP contribution is -2.38. The Bertz CT molecular complexity index is 928. The summed E-state index contributed by atoms with van der Waals surface area (Å²) in [6.07, 6.45) is 9.29. The van der Waals surface area contributed by atoms with E-state index in [0.717, 1.165) is 36.7 Å². The van der Waals surface area contributed by atoms with Crippen LogP contribution in [-0.4, -0.2) is 31.6 Å². The fourth-order valence-electron chi connectivity index (χ4n) is 4.51. The van der Waals surface area contributed by atoms with E-state index in [1.54, 1.807) is 6.33 Å². The lowest BCUT2D eigenvalue weighted by Gasteiger charge is -2.36. The number of hydrogen-bond acceptors (Lipinski definition) is 5. The Morgan fingerprint density at radius 1 is 1.14 bits per heavy atom. The van der Waals surface area contributed by atoms with Crippen LogP contribution in [0.4, 0.5) is 0 Å². The number of aromatic amines is 1. The van der Waals surface area contributed by atoms with Crippen LogP contribution in [-0.2, 0) is 13.0 Å². The second kappa shape index (κ2) is 7.68. The smallest absolute Gasteiger partial charge is 0.244 e. The van der Waals surface area contributed by atoms with Crippen LogP contribution >= 0.6 is 11.6 Å². The van der Waals surface area contributed by atoms with Crippen molar-refractivity contribution >= 4 is 11.6 Å². The summed E-state index contributed by atoms with van der Waals surface area (Å²) < 4.78 is 5.73. The van der Waals surface area contributed by atoms with Crippen molar-refractivity contribution in [3.8, 4) is 11.4 Å². The molecule has 0 bridgehead atoms. The molecule has 1 fully saturated rings. The Balaban J connectivity index is 1.41. The fraction of sp³-hybridized carbons (Fsp3) is 0.476. The Hall–Kier alpha value is -2.18. The summed E-state index contributed by atoms with van der Waals surface area (Å²) in [7, 11) is 0. The molecule has 0 radical (unpaired) electrons. The molecule has 2 aliphatic rings. The maximum Gasteiger partial charge on any atom is 0.244 e. The van der Waals surface area contributed by atoms with E-state index in [-0.39, 0.29) is 6.04 Å². The first-order valence-electron chi connectivity index (χ1n) is 10.1. The van der Waals surface area contributed by atoms with Crippen molar-refractivity contribution in [3.63, 3.8) is 0 Å². The van der Waals surface area contributed by atoms with Gasteiger partial charge in [-0.1, -0.05) is 36.0 Å². The van der Waals surface area contributed by atoms with Crippen molar-refractivity contribution in [3.05, 3.63) is 52.9 Å². The van der Waals surface area contributed by atoms with E-state index in [4.69, 9.17) is 21.1 Å². The van der Waals surface area contributed by atoms with Crippen LogP contribution in [0.25, 0.3) is 11.4 Å².